The Kier molecular flexibility index (Phi) is 3.61. The molecule has 0 aliphatic heterocycles. The van der Waals surface area contributed by atoms with Gasteiger partial charge in [0.15, 0.2) is 0 Å². The van der Waals surface area contributed by atoms with Crippen LogP contribution in [0.1, 0.15) is 11.6 Å². The molecule has 3 aromatic rings. The molecule has 6 heteroatoms. The maximum absolute atomic E-state index is 12.4. The van der Waals surface area contributed by atoms with Crippen molar-refractivity contribution in [2.75, 3.05) is 12.4 Å². The van der Waals surface area contributed by atoms with Crippen molar-refractivity contribution in [2.45, 2.75) is 6.04 Å². The van der Waals surface area contributed by atoms with Crippen LogP contribution in [0.5, 0.6) is 0 Å². The van der Waals surface area contributed by atoms with Gasteiger partial charge in [-0.3, -0.25) is 14.9 Å². The molecule has 1 aromatic carbocycles. The third-order valence-electron chi connectivity index (χ3n) is 3.28. The van der Waals surface area contributed by atoms with E-state index in [-0.39, 0.29) is 5.91 Å². The van der Waals surface area contributed by atoms with Gasteiger partial charge in [0.2, 0.25) is 5.91 Å². The molecule has 0 bridgehead atoms. The lowest BCUT2D eigenvalue weighted by molar-refractivity contribution is -0.118. The summed E-state index contributed by atoms with van der Waals surface area (Å²) in [5, 5.41) is 13.7. The number of hydrogen-bond acceptors (Lipinski definition) is 4. The van der Waals surface area contributed by atoms with Crippen molar-refractivity contribution in [3.63, 3.8) is 0 Å². The zero-order valence-corrected chi connectivity index (χ0v) is 11.5. The summed E-state index contributed by atoms with van der Waals surface area (Å²) in [6.45, 7) is 0. The van der Waals surface area contributed by atoms with Gasteiger partial charge in [0, 0.05) is 23.5 Å². The van der Waals surface area contributed by atoms with Gasteiger partial charge in [-0.25, -0.2) is 0 Å². The number of carbonyl (C=O) groups excluding carboxylic acids is 1. The first kappa shape index (κ1) is 13.3. The van der Waals surface area contributed by atoms with E-state index >= 15 is 0 Å². The van der Waals surface area contributed by atoms with E-state index in [4.69, 9.17) is 0 Å². The van der Waals surface area contributed by atoms with Crippen molar-refractivity contribution < 1.29 is 4.79 Å². The first-order chi connectivity index (χ1) is 10.3. The lowest BCUT2D eigenvalue weighted by Gasteiger charge is -2.16. The Hall–Kier alpha value is -2.73. The van der Waals surface area contributed by atoms with Crippen molar-refractivity contribution in [3.8, 4) is 0 Å². The van der Waals surface area contributed by atoms with Crippen LogP contribution in [-0.4, -0.2) is 28.1 Å². The molecule has 0 saturated heterocycles. The number of aromatic nitrogens is 3. The van der Waals surface area contributed by atoms with Crippen molar-refractivity contribution in [3.05, 3.63) is 54.5 Å². The highest BCUT2D eigenvalue weighted by Crippen LogP contribution is 2.19. The summed E-state index contributed by atoms with van der Waals surface area (Å²) in [6.07, 6.45) is 5.09. The van der Waals surface area contributed by atoms with Gasteiger partial charge in [0.25, 0.3) is 0 Å². The van der Waals surface area contributed by atoms with Crippen molar-refractivity contribution in [1.29, 1.82) is 0 Å². The Morgan fingerprint density at radius 3 is 2.95 bits per heavy atom. The molecule has 1 atom stereocenters. The molecule has 0 spiro atoms. The van der Waals surface area contributed by atoms with E-state index in [9.17, 15) is 4.79 Å². The molecular weight excluding hydrogens is 266 g/mol. The van der Waals surface area contributed by atoms with Gasteiger partial charge >= 0.3 is 0 Å². The van der Waals surface area contributed by atoms with E-state index in [2.05, 4.69) is 25.8 Å². The molecule has 0 fully saturated rings. The lowest BCUT2D eigenvalue weighted by atomic mass is 10.1. The Morgan fingerprint density at radius 2 is 2.19 bits per heavy atom. The molecule has 1 amide bonds. The van der Waals surface area contributed by atoms with Crippen LogP contribution in [0.3, 0.4) is 0 Å². The zero-order chi connectivity index (χ0) is 14.7. The predicted molar refractivity (Wildman–Crippen MR) is 80.8 cm³/mol. The first-order valence-electron chi connectivity index (χ1n) is 6.59. The van der Waals surface area contributed by atoms with Crippen LogP contribution in [0.25, 0.3) is 10.9 Å². The topological polar surface area (TPSA) is 82.7 Å². The standard InChI is InChI=1S/C15H15N5O/c1-16-14(10-3-2-6-17-8-10)15(21)19-12-4-5-13-11(7-12)9-18-20-13/h2-9,14,16H,1H3,(H,18,20)(H,19,21). The van der Waals surface area contributed by atoms with E-state index in [1.54, 1.807) is 25.6 Å². The molecule has 2 heterocycles. The molecule has 3 rings (SSSR count). The lowest BCUT2D eigenvalue weighted by Crippen LogP contribution is -2.30. The zero-order valence-electron chi connectivity index (χ0n) is 11.5. The van der Waals surface area contributed by atoms with Gasteiger partial charge in [-0.05, 0) is 36.9 Å². The summed E-state index contributed by atoms with van der Waals surface area (Å²) in [7, 11) is 1.75. The Bertz CT molecular complexity index is 753. The first-order valence-corrected chi connectivity index (χ1v) is 6.59. The van der Waals surface area contributed by atoms with Crippen molar-refractivity contribution in [2.24, 2.45) is 0 Å². The number of H-pyrrole nitrogens is 1. The van der Waals surface area contributed by atoms with E-state index in [1.807, 2.05) is 30.3 Å². The molecule has 0 aliphatic carbocycles. The number of nitrogens with zero attached hydrogens (tertiary/aromatic N) is 2. The summed E-state index contributed by atoms with van der Waals surface area (Å²) in [5.41, 5.74) is 2.49. The smallest absolute Gasteiger partial charge is 0.246 e. The van der Waals surface area contributed by atoms with E-state index in [0.717, 1.165) is 22.2 Å². The molecule has 2 aromatic heterocycles. The van der Waals surface area contributed by atoms with Crippen LogP contribution in [0.2, 0.25) is 0 Å². The molecule has 1 unspecified atom stereocenters. The van der Waals surface area contributed by atoms with Crippen LogP contribution in [0, 0.1) is 0 Å². The summed E-state index contributed by atoms with van der Waals surface area (Å²) in [4.78, 5) is 16.4. The molecule has 0 radical (unpaired) electrons. The quantitative estimate of drug-likeness (QED) is 0.681. The van der Waals surface area contributed by atoms with E-state index in [0.29, 0.717) is 0 Å². The summed E-state index contributed by atoms with van der Waals surface area (Å²) >= 11 is 0. The molecular formula is C15H15N5O. The maximum atomic E-state index is 12.4. The Labute approximate surface area is 121 Å². The van der Waals surface area contributed by atoms with Crippen molar-refractivity contribution in [1.82, 2.24) is 20.5 Å². The number of pyridine rings is 1. The van der Waals surface area contributed by atoms with Gasteiger partial charge in [-0.15, -0.1) is 0 Å². The minimum Gasteiger partial charge on any atom is -0.324 e. The maximum Gasteiger partial charge on any atom is 0.246 e. The van der Waals surface area contributed by atoms with Crippen LogP contribution < -0.4 is 10.6 Å². The molecule has 0 aliphatic rings. The third-order valence-corrected chi connectivity index (χ3v) is 3.28. The highest BCUT2D eigenvalue weighted by Gasteiger charge is 2.18. The average Bonchev–Trinajstić information content (AvgIpc) is 2.96. The number of likely N-dealkylation sites (N-methyl/N-ethyl adjacent to an activating group) is 1. The Balaban J connectivity index is 1.81. The van der Waals surface area contributed by atoms with Crippen LogP contribution in [-0.2, 0) is 4.79 Å². The van der Waals surface area contributed by atoms with Gasteiger partial charge in [0.05, 0.1) is 11.7 Å². The van der Waals surface area contributed by atoms with Gasteiger partial charge in [-0.1, -0.05) is 6.07 Å². The fourth-order valence-corrected chi connectivity index (χ4v) is 2.23. The van der Waals surface area contributed by atoms with Crippen LogP contribution >= 0.6 is 0 Å². The largest absolute Gasteiger partial charge is 0.324 e. The second kappa shape index (κ2) is 5.72. The number of fused-ring (bicyclic) bond motifs is 1. The molecule has 21 heavy (non-hydrogen) atoms. The normalized spacial score (nSPS) is 12.2. The monoisotopic (exact) mass is 281 g/mol. The molecule has 3 N–H and O–H groups in total. The van der Waals surface area contributed by atoms with Crippen LogP contribution in [0.4, 0.5) is 5.69 Å². The highest BCUT2D eigenvalue weighted by atomic mass is 16.2. The fraction of sp³-hybridized carbons (Fsp3) is 0.133. The van der Waals surface area contributed by atoms with E-state index in [1.165, 1.54) is 0 Å². The molecule has 106 valence electrons. The Morgan fingerprint density at radius 1 is 1.29 bits per heavy atom. The van der Waals surface area contributed by atoms with Crippen molar-refractivity contribution >= 4 is 22.5 Å². The number of benzene rings is 1. The van der Waals surface area contributed by atoms with E-state index < -0.39 is 6.04 Å². The van der Waals surface area contributed by atoms with Gasteiger partial charge < -0.3 is 10.6 Å². The van der Waals surface area contributed by atoms with Gasteiger partial charge in [-0.2, -0.15) is 5.10 Å². The molecule has 6 nitrogen and oxygen atoms in total. The number of anilines is 1. The summed E-state index contributed by atoms with van der Waals surface area (Å²) in [6, 6.07) is 8.84. The van der Waals surface area contributed by atoms with Gasteiger partial charge in [0.1, 0.15) is 6.04 Å². The minimum absolute atomic E-state index is 0.131. The third kappa shape index (κ3) is 2.75. The average molecular weight is 281 g/mol. The SMILES string of the molecule is CNC(C(=O)Nc1ccc2[nH]ncc2c1)c1cccnc1. The second-order valence-corrected chi connectivity index (χ2v) is 4.67. The number of nitrogens with one attached hydrogen (secondary N) is 3. The summed E-state index contributed by atoms with van der Waals surface area (Å²) in [5.74, 6) is -0.131. The number of hydrogen-bond donors (Lipinski definition) is 3. The summed E-state index contributed by atoms with van der Waals surface area (Å²) < 4.78 is 0. The minimum atomic E-state index is -0.446. The number of amides is 1. The number of aromatic amines is 1. The number of rotatable bonds is 4. The second-order valence-electron chi connectivity index (χ2n) is 4.67. The van der Waals surface area contributed by atoms with Crippen LogP contribution in [0.15, 0.2) is 48.9 Å². The fourth-order valence-electron chi connectivity index (χ4n) is 2.23. The number of carbonyl (C=O) groups is 1. The molecule has 0 saturated carbocycles. The predicted octanol–water partition coefficient (Wildman–Crippen LogP) is 1.86. The highest BCUT2D eigenvalue weighted by molar-refractivity contribution is 5.97.